The van der Waals surface area contributed by atoms with Gasteiger partial charge in [-0.15, -0.1) is 0 Å². The van der Waals surface area contributed by atoms with Crippen LogP contribution in [0.3, 0.4) is 0 Å². The second-order valence-electron chi connectivity index (χ2n) is 5.94. The summed E-state index contributed by atoms with van der Waals surface area (Å²) >= 11 is 0. The van der Waals surface area contributed by atoms with Crippen LogP contribution in [0.1, 0.15) is 37.1 Å². The molecule has 2 heteroatoms. The van der Waals surface area contributed by atoms with Crippen molar-refractivity contribution in [2.45, 2.75) is 25.9 Å². The first-order valence-electron chi connectivity index (χ1n) is 7.83. The van der Waals surface area contributed by atoms with E-state index in [2.05, 4.69) is 84.3 Å². The largest absolute Gasteiger partial charge is 0.282 e. The average Bonchev–Trinajstić information content (AvgIpc) is 3.05. The van der Waals surface area contributed by atoms with Gasteiger partial charge < -0.3 is 0 Å². The van der Waals surface area contributed by atoms with Crippen LogP contribution in [-0.2, 0) is 0 Å². The van der Waals surface area contributed by atoms with Gasteiger partial charge >= 0.3 is 0 Å². The Morgan fingerprint density at radius 1 is 0.667 bits per heavy atom. The Hall–Kier alpha value is -1.64. The highest BCUT2D eigenvalue weighted by molar-refractivity contribution is 5.20. The lowest BCUT2D eigenvalue weighted by atomic mass is 10.1. The van der Waals surface area contributed by atoms with E-state index in [-0.39, 0.29) is 0 Å². The van der Waals surface area contributed by atoms with E-state index in [0.29, 0.717) is 12.1 Å². The quantitative estimate of drug-likeness (QED) is 0.832. The minimum Gasteiger partial charge on any atom is -0.282 e. The van der Waals surface area contributed by atoms with Gasteiger partial charge in [0.2, 0.25) is 0 Å². The number of benzene rings is 2. The molecule has 0 N–H and O–H groups in total. The molecule has 2 aromatic carbocycles. The topological polar surface area (TPSA) is 6.48 Å². The molecule has 21 heavy (non-hydrogen) atoms. The molecule has 1 fully saturated rings. The molecule has 0 amide bonds. The maximum absolute atomic E-state index is 2.56. The van der Waals surface area contributed by atoms with Crippen LogP contribution in [-0.4, -0.2) is 29.6 Å². The highest BCUT2D eigenvalue weighted by Crippen LogP contribution is 2.28. The standard InChI is InChI=1S/C19H24N2/c1-16(18-9-5-3-6-10-18)20-13-14-21(15-20)17(2)19-11-7-4-8-12-19/h3-12,16-17H,13-15H2,1-2H3/t16-,17+. The fourth-order valence-corrected chi connectivity index (χ4v) is 3.15. The van der Waals surface area contributed by atoms with Gasteiger partial charge in [-0.2, -0.15) is 0 Å². The zero-order valence-corrected chi connectivity index (χ0v) is 12.9. The van der Waals surface area contributed by atoms with Gasteiger partial charge in [0.05, 0.1) is 6.67 Å². The summed E-state index contributed by atoms with van der Waals surface area (Å²) in [6, 6.07) is 22.6. The lowest BCUT2D eigenvalue weighted by molar-refractivity contribution is 0.174. The summed E-state index contributed by atoms with van der Waals surface area (Å²) < 4.78 is 0. The smallest absolute Gasteiger partial charge is 0.0518 e. The third-order valence-electron chi connectivity index (χ3n) is 4.70. The van der Waals surface area contributed by atoms with Crippen LogP contribution >= 0.6 is 0 Å². The number of hydrogen-bond donors (Lipinski definition) is 0. The molecule has 0 saturated carbocycles. The van der Waals surface area contributed by atoms with Crippen LogP contribution < -0.4 is 0 Å². The molecule has 2 nitrogen and oxygen atoms in total. The monoisotopic (exact) mass is 280 g/mol. The fraction of sp³-hybridized carbons (Fsp3) is 0.368. The van der Waals surface area contributed by atoms with Gasteiger partial charge in [-0.05, 0) is 25.0 Å². The van der Waals surface area contributed by atoms with Gasteiger partial charge in [-0.1, -0.05) is 60.7 Å². The van der Waals surface area contributed by atoms with Crippen molar-refractivity contribution in [3.05, 3.63) is 71.8 Å². The summed E-state index contributed by atoms with van der Waals surface area (Å²) in [5.41, 5.74) is 2.82. The normalized spacial score (nSPS) is 19.5. The van der Waals surface area contributed by atoms with Crippen LogP contribution in [0.4, 0.5) is 0 Å². The summed E-state index contributed by atoms with van der Waals surface area (Å²) in [5.74, 6) is 0. The molecule has 3 rings (SSSR count). The molecule has 1 aliphatic heterocycles. The predicted molar refractivity (Wildman–Crippen MR) is 88.0 cm³/mol. The zero-order chi connectivity index (χ0) is 14.7. The molecular weight excluding hydrogens is 256 g/mol. The molecule has 0 spiro atoms. The van der Waals surface area contributed by atoms with E-state index in [9.17, 15) is 0 Å². The minimum atomic E-state index is 0.485. The lowest BCUT2D eigenvalue weighted by Gasteiger charge is -2.28. The summed E-state index contributed by atoms with van der Waals surface area (Å²) in [5, 5.41) is 0. The van der Waals surface area contributed by atoms with Gasteiger partial charge in [-0.25, -0.2) is 0 Å². The van der Waals surface area contributed by atoms with Gasteiger partial charge in [0, 0.05) is 25.2 Å². The van der Waals surface area contributed by atoms with E-state index >= 15 is 0 Å². The lowest BCUT2D eigenvalue weighted by Crippen LogP contribution is -2.29. The first kappa shape index (κ1) is 14.3. The van der Waals surface area contributed by atoms with Gasteiger partial charge in [0.15, 0.2) is 0 Å². The Morgan fingerprint density at radius 3 is 1.43 bits per heavy atom. The van der Waals surface area contributed by atoms with Gasteiger partial charge in [0.25, 0.3) is 0 Å². The van der Waals surface area contributed by atoms with Crippen molar-refractivity contribution in [2.24, 2.45) is 0 Å². The molecule has 1 aliphatic rings. The SMILES string of the molecule is C[C@H](c1ccccc1)N1CCN([C@@H](C)c2ccccc2)C1. The van der Waals surface area contributed by atoms with Crippen LogP contribution in [0.15, 0.2) is 60.7 Å². The third kappa shape index (κ3) is 3.17. The van der Waals surface area contributed by atoms with Crippen molar-refractivity contribution in [3.8, 4) is 0 Å². The summed E-state index contributed by atoms with van der Waals surface area (Å²) in [6.45, 7) is 7.96. The maximum Gasteiger partial charge on any atom is 0.0518 e. The van der Waals surface area contributed by atoms with E-state index in [4.69, 9.17) is 0 Å². The van der Waals surface area contributed by atoms with E-state index in [1.807, 2.05) is 0 Å². The molecule has 110 valence electrons. The number of hydrogen-bond acceptors (Lipinski definition) is 2. The van der Waals surface area contributed by atoms with Crippen LogP contribution in [0, 0.1) is 0 Å². The Labute approximate surface area is 128 Å². The fourth-order valence-electron chi connectivity index (χ4n) is 3.15. The van der Waals surface area contributed by atoms with E-state index in [1.165, 1.54) is 11.1 Å². The van der Waals surface area contributed by atoms with Crippen molar-refractivity contribution in [2.75, 3.05) is 19.8 Å². The van der Waals surface area contributed by atoms with Crippen LogP contribution in [0.25, 0.3) is 0 Å². The Morgan fingerprint density at radius 2 is 1.05 bits per heavy atom. The van der Waals surface area contributed by atoms with Gasteiger partial charge in [0.1, 0.15) is 0 Å². The third-order valence-corrected chi connectivity index (χ3v) is 4.70. The molecule has 0 bridgehead atoms. The number of rotatable bonds is 4. The van der Waals surface area contributed by atoms with E-state index in [1.54, 1.807) is 0 Å². The van der Waals surface area contributed by atoms with Crippen molar-refractivity contribution in [1.29, 1.82) is 0 Å². The Balaban J connectivity index is 1.66. The van der Waals surface area contributed by atoms with Crippen molar-refractivity contribution in [1.82, 2.24) is 9.80 Å². The minimum absolute atomic E-state index is 0.485. The van der Waals surface area contributed by atoms with Gasteiger partial charge in [-0.3, -0.25) is 9.80 Å². The second kappa shape index (κ2) is 6.42. The Bertz CT molecular complexity index is 501. The molecule has 1 saturated heterocycles. The molecule has 0 radical (unpaired) electrons. The highest BCUT2D eigenvalue weighted by atomic mass is 15.4. The zero-order valence-electron chi connectivity index (χ0n) is 12.9. The predicted octanol–water partition coefficient (Wildman–Crippen LogP) is 4.08. The summed E-state index contributed by atoms with van der Waals surface area (Å²) in [7, 11) is 0. The Kier molecular flexibility index (Phi) is 4.37. The van der Waals surface area contributed by atoms with Crippen molar-refractivity contribution >= 4 is 0 Å². The molecule has 2 atom stereocenters. The average molecular weight is 280 g/mol. The van der Waals surface area contributed by atoms with Crippen molar-refractivity contribution in [3.63, 3.8) is 0 Å². The molecule has 0 aromatic heterocycles. The van der Waals surface area contributed by atoms with Crippen molar-refractivity contribution < 1.29 is 0 Å². The van der Waals surface area contributed by atoms with Crippen LogP contribution in [0.5, 0.6) is 0 Å². The molecule has 2 aromatic rings. The molecule has 0 aliphatic carbocycles. The highest BCUT2D eigenvalue weighted by Gasteiger charge is 2.28. The maximum atomic E-state index is 2.56. The summed E-state index contributed by atoms with van der Waals surface area (Å²) in [4.78, 5) is 5.13. The van der Waals surface area contributed by atoms with E-state index in [0.717, 1.165) is 19.8 Å². The molecule has 1 heterocycles. The van der Waals surface area contributed by atoms with E-state index < -0.39 is 0 Å². The first-order chi connectivity index (χ1) is 10.3. The molecule has 0 unspecified atom stereocenters. The first-order valence-corrected chi connectivity index (χ1v) is 7.83. The number of nitrogens with zero attached hydrogens (tertiary/aromatic N) is 2. The summed E-state index contributed by atoms with van der Waals surface area (Å²) in [6.07, 6.45) is 0. The molecular formula is C19H24N2. The second-order valence-corrected chi connectivity index (χ2v) is 5.94. The van der Waals surface area contributed by atoms with Crippen LogP contribution in [0.2, 0.25) is 0 Å².